The SMILES string of the molecule is CC(CNC(=O)C1CCCCCCN1)C1CC1. The minimum Gasteiger partial charge on any atom is -0.354 e. The van der Waals surface area contributed by atoms with Crippen LogP contribution >= 0.6 is 0 Å². The molecule has 1 saturated heterocycles. The van der Waals surface area contributed by atoms with Gasteiger partial charge in [0.2, 0.25) is 5.91 Å². The van der Waals surface area contributed by atoms with E-state index in [4.69, 9.17) is 0 Å². The molecule has 2 rings (SSSR count). The summed E-state index contributed by atoms with van der Waals surface area (Å²) in [6.07, 6.45) is 8.70. The van der Waals surface area contributed by atoms with Gasteiger partial charge in [-0.15, -0.1) is 0 Å². The predicted octanol–water partition coefficient (Wildman–Crippen LogP) is 2.07. The van der Waals surface area contributed by atoms with E-state index in [2.05, 4.69) is 17.6 Å². The molecule has 0 aromatic heterocycles. The third kappa shape index (κ3) is 4.30. The topological polar surface area (TPSA) is 41.1 Å². The third-order valence-corrected chi connectivity index (χ3v) is 4.15. The molecule has 3 heteroatoms. The van der Waals surface area contributed by atoms with Crippen molar-refractivity contribution in [1.82, 2.24) is 10.6 Å². The van der Waals surface area contributed by atoms with Crippen molar-refractivity contribution in [2.75, 3.05) is 13.1 Å². The van der Waals surface area contributed by atoms with Crippen LogP contribution in [0.15, 0.2) is 0 Å². The highest BCUT2D eigenvalue weighted by Crippen LogP contribution is 2.36. The van der Waals surface area contributed by atoms with Crippen molar-refractivity contribution in [2.24, 2.45) is 11.8 Å². The zero-order valence-corrected chi connectivity index (χ0v) is 11.0. The molecule has 2 atom stereocenters. The fourth-order valence-corrected chi connectivity index (χ4v) is 2.65. The van der Waals surface area contributed by atoms with E-state index in [9.17, 15) is 4.79 Å². The van der Waals surface area contributed by atoms with E-state index >= 15 is 0 Å². The molecule has 0 aromatic carbocycles. The van der Waals surface area contributed by atoms with Gasteiger partial charge in [-0.2, -0.15) is 0 Å². The van der Waals surface area contributed by atoms with E-state index in [0.717, 1.165) is 25.4 Å². The van der Waals surface area contributed by atoms with Crippen LogP contribution in [0.1, 0.15) is 51.9 Å². The summed E-state index contributed by atoms with van der Waals surface area (Å²) < 4.78 is 0. The highest BCUT2D eigenvalue weighted by molar-refractivity contribution is 5.81. The van der Waals surface area contributed by atoms with Crippen LogP contribution in [0.25, 0.3) is 0 Å². The van der Waals surface area contributed by atoms with E-state index in [1.807, 2.05) is 0 Å². The van der Waals surface area contributed by atoms with Crippen LogP contribution in [0, 0.1) is 11.8 Å². The lowest BCUT2D eigenvalue weighted by Crippen LogP contribution is -2.46. The van der Waals surface area contributed by atoms with E-state index in [-0.39, 0.29) is 11.9 Å². The maximum absolute atomic E-state index is 12.0. The molecule has 2 fully saturated rings. The average molecular weight is 238 g/mol. The van der Waals surface area contributed by atoms with Gasteiger partial charge in [-0.3, -0.25) is 4.79 Å². The lowest BCUT2D eigenvalue weighted by atomic mass is 10.0. The smallest absolute Gasteiger partial charge is 0.237 e. The molecular weight excluding hydrogens is 212 g/mol. The maximum atomic E-state index is 12.0. The highest BCUT2D eigenvalue weighted by Gasteiger charge is 2.28. The van der Waals surface area contributed by atoms with Crippen LogP contribution in [0.3, 0.4) is 0 Å². The summed E-state index contributed by atoms with van der Waals surface area (Å²) >= 11 is 0. The Bertz CT molecular complexity index is 243. The molecule has 1 saturated carbocycles. The summed E-state index contributed by atoms with van der Waals surface area (Å²) in [6.45, 7) is 4.11. The molecule has 0 radical (unpaired) electrons. The monoisotopic (exact) mass is 238 g/mol. The zero-order valence-electron chi connectivity index (χ0n) is 11.0. The molecule has 1 aliphatic carbocycles. The van der Waals surface area contributed by atoms with Gasteiger partial charge in [0.05, 0.1) is 6.04 Å². The van der Waals surface area contributed by atoms with E-state index in [1.165, 1.54) is 38.5 Å². The molecule has 2 aliphatic rings. The standard InChI is InChI=1S/C14H26N2O/c1-11(12-7-8-12)10-16-14(17)13-6-4-2-3-5-9-15-13/h11-13,15H,2-10H2,1H3,(H,16,17). The normalized spacial score (nSPS) is 27.9. The van der Waals surface area contributed by atoms with E-state index in [1.54, 1.807) is 0 Å². The van der Waals surface area contributed by atoms with Crippen molar-refractivity contribution in [3.8, 4) is 0 Å². The Morgan fingerprint density at radius 3 is 2.76 bits per heavy atom. The number of hydrogen-bond donors (Lipinski definition) is 2. The van der Waals surface area contributed by atoms with Crippen LogP contribution in [-0.4, -0.2) is 25.0 Å². The lowest BCUT2D eigenvalue weighted by Gasteiger charge is -2.21. The third-order valence-electron chi connectivity index (χ3n) is 4.15. The van der Waals surface area contributed by atoms with Crippen molar-refractivity contribution in [3.05, 3.63) is 0 Å². The second kappa shape index (κ2) is 6.39. The second-order valence-electron chi connectivity index (χ2n) is 5.77. The largest absolute Gasteiger partial charge is 0.354 e. The van der Waals surface area contributed by atoms with E-state index < -0.39 is 0 Å². The number of nitrogens with one attached hydrogen (secondary N) is 2. The Balaban J connectivity index is 1.69. The minimum absolute atomic E-state index is 0.0571. The molecule has 0 aromatic rings. The molecule has 1 amide bonds. The summed E-state index contributed by atoms with van der Waals surface area (Å²) in [5.41, 5.74) is 0. The van der Waals surface area contributed by atoms with Gasteiger partial charge in [0, 0.05) is 6.54 Å². The second-order valence-corrected chi connectivity index (χ2v) is 5.77. The summed E-state index contributed by atoms with van der Waals surface area (Å²) in [5, 5.41) is 6.50. The highest BCUT2D eigenvalue weighted by atomic mass is 16.2. The van der Waals surface area contributed by atoms with Crippen LogP contribution in [-0.2, 0) is 4.79 Å². The molecule has 1 heterocycles. The Hall–Kier alpha value is -0.570. The maximum Gasteiger partial charge on any atom is 0.237 e. The quantitative estimate of drug-likeness (QED) is 0.787. The summed E-state index contributed by atoms with van der Waals surface area (Å²) in [4.78, 5) is 12.0. The Labute approximate surface area is 105 Å². The lowest BCUT2D eigenvalue weighted by molar-refractivity contribution is -0.123. The molecule has 0 spiro atoms. The van der Waals surface area contributed by atoms with Gasteiger partial charge in [0.25, 0.3) is 0 Å². The zero-order chi connectivity index (χ0) is 12.1. The molecule has 2 N–H and O–H groups in total. The Morgan fingerprint density at radius 2 is 2.00 bits per heavy atom. The number of rotatable bonds is 4. The van der Waals surface area contributed by atoms with Gasteiger partial charge in [-0.05, 0) is 44.1 Å². The number of carbonyl (C=O) groups is 1. The summed E-state index contributed by atoms with van der Waals surface area (Å²) in [6, 6.07) is 0.0571. The van der Waals surface area contributed by atoms with Gasteiger partial charge in [-0.25, -0.2) is 0 Å². The summed E-state index contributed by atoms with van der Waals surface area (Å²) in [5.74, 6) is 1.76. The molecule has 17 heavy (non-hydrogen) atoms. The fraction of sp³-hybridized carbons (Fsp3) is 0.929. The molecule has 1 aliphatic heterocycles. The first-order valence-corrected chi connectivity index (χ1v) is 7.28. The molecule has 98 valence electrons. The summed E-state index contributed by atoms with van der Waals surface area (Å²) in [7, 11) is 0. The van der Waals surface area contributed by atoms with Gasteiger partial charge < -0.3 is 10.6 Å². The van der Waals surface area contributed by atoms with Crippen LogP contribution in [0.5, 0.6) is 0 Å². The Kier molecular flexibility index (Phi) is 4.84. The van der Waals surface area contributed by atoms with Crippen LogP contribution in [0.2, 0.25) is 0 Å². The molecule has 2 unspecified atom stereocenters. The van der Waals surface area contributed by atoms with Gasteiger partial charge in [-0.1, -0.05) is 26.2 Å². The van der Waals surface area contributed by atoms with Crippen molar-refractivity contribution in [3.63, 3.8) is 0 Å². The van der Waals surface area contributed by atoms with Crippen molar-refractivity contribution >= 4 is 5.91 Å². The van der Waals surface area contributed by atoms with Gasteiger partial charge in [0.15, 0.2) is 0 Å². The first kappa shape index (κ1) is 12.9. The fourth-order valence-electron chi connectivity index (χ4n) is 2.65. The Morgan fingerprint density at radius 1 is 1.24 bits per heavy atom. The van der Waals surface area contributed by atoms with Crippen molar-refractivity contribution < 1.29 is 4.79 Å². The minimum atomic E-state index is 0.0571. The first-order chi connectivity index (χ1) is 8.27. The number of hydrogen-bond acceptors (Lipinski definition) is 2. The van der Waals surface area contributed by atoms with Crippen molar-refractivity contribution in [1.29, 1.82) is 0 Å². The van der Waals surface area contributed by atoms with Gasteiger partial charge >= 0.3 is 0 Å². The molecule has 0 bridgehead atoms. The predicted molar refractivity (Wildman–Crippen MR) is 69.8 cm³/mol. The van der Waals surface area contributed by atoms with E-state index in [0.29, 0.717) is 5.92 Å². The number of carbonyl (C=O) groups excluding carboxylic acids is 1. The first-order valence-electron chi connectivity index (χ1n) is 7.28. The molecule has 3 nitrogen and oxygen atoms in total. The van der Waals surface area contributed by atoms with Gasteiger partial charge in [0.1, 0.15) is 0 Å². The van der Waals surface area contributed by atoms with Crippen LogP contribution in [0.4, 0.5) is 0 Å². The van der Waals surface area contributed by atoms with Crippen molar-refractivity contribution in [2.45, 2.75) is 57.9 Å². The average Bonchev–Trinajstić information content (AvgIpc) is 3.08. The van der Waals surface area contributed by atoms with Crippen LogP contribution < -0.4 is 10.6 Å². The molecular formula is C14H26N2O. The number of amides is 1.